The molecule has 1 aromatic carbocycles. The fourth-order valence-corrected chi connectivity index (χ4v) is 5.06. The standard InChI is InChI=1S/C26H38O6S/c1-3-12-32-26(30)8-5-13-33-14-11-23-22(24(28)17-25(23)29)10-9-21(27)16-19-6-4-7-20(15-19)18-31-2/h4,6-7,9-10,15,21-24,27-28H,3,5,8,11-14,16-18H2,1-2H3/t21-,22-,23-,24-/m1/s1. The Morgan fingerprint density at radius 2 is 2.09 bits per heavy atom. The number of ether oxygens (including phenoxy) is 2. The molecular formula is C26H38O6S. The SMILES string of the molecule is CCCOC(=O)CCCSCC[C@H]1C(=O)C[C@@H](O)[C@@H]1C=C[C@@H](O)Cc1cccc(COC)c1. The quantitative estimate of drug-likeness (QED) is 0.225. The molecule has 1 aliphatic rings. The zero-order chi connectivity index (χ0) is 24.1. The average Bonchev–Trinajstić information content (AvgIpc) is 3.05. The van der Waals surface area contributed by atoms with E-state index in [1.807, 2.05) is 37.3 Å². The number of Topliss-reactive ketones (excluding diaryl/α,β-unsaturated/α-hetero) is 1. The van der Waals surface area contributed by atoms with Crippen molar-refractivity contribution in [3.8, 4) is 0 Å². The summed E-state index contributed by atoms with van der Waals surface area (Å²) in [6, 6.07) is 7.91. The number of hydrogen-bond donors (Lipinski definition) is 2. The molecule has 6 nitrogen and oxygen atoms in total. The molecule has 1 aliphatic carbocycles. The van der Waals surface area contributed by atoms with Gasteiger partial charge in [0.25, 0.3) is 0 Å². The second kappa shape index (κ2) is 15.3. The van der Waals surface area contributed by atoms with Gasteiger partial charge in [-0.2, -0.15) is 11.8 Å². The van der Waals surface area contributed by atoms with Gasteiger partial charge in [-0.1, -0.05) is 43.3 Å². The van der Waals surface area contributed by atoms with E-state index in [1.54, 1.807) is 24.9 Å². The predicted molar refractivity (Wildman–Crippen MR) is 131 cm³/mol. The van der Waals surface area contributed by atoms with Crippen molar-refractivity contribution in [1.29, 1.82) is 0 Å². The fourth-order valence-electron chi connectivity index (χ4n) is 4.09. The van der Waals surface area contributed by atoms with Crippen LogP contribution in [-0.2, 0) is 32.1 Å². The molecule has 1 aromatic rings. The first kappa shape index (κ1) is 27.6. The van der Waals surface area contributed by atoms with Gasteiger partial charge >= 0.3 is 5.97 Å². The Morgan fingerprint density at radius 3 is 2.85 bits per heavy atom. The van der Waals surface area contributed by atoms with Gasteiger partial charge in [0, 0.05) is 38.2 Å². The second-order valence-corrected chi connectivity index (χ2v) is 9.78. The van der Waals surface area contributed by atoms with Gasteiger partial charge in [-0.05, 0) is 41.9 Å². The predicted octanol–water partition coefficient (Wildman–Crippen LogP) is 3.72. The number of ketones is 1. The minimum atomic E-state index is -0.700. The number of carbonyl (C=O) groups excluding carboxylic acids is 2. The molecule has 1 saturated carbocycles. The van der Waals surface area contributed by atoms with Crippen LogP contribution in [0.1, 0.15) is 50.2 Å². The number of aliphatic hydroxyl groups excluding tert-OH is 2. The van der Waals surface area contributed by atoms with Crippen LogP contribution in [0.3, 0.4) is 0 Å². The highest BCUT2D eigenvalue weighted by molar-refractivity contribution is 7.99. The summed E-state index contributed by atoms with van der Waals surface area (Å²) in [5.74, 6) is 1.08. The van der Waals surface area contributed by atoms with Crippen molar-refractivity contribution in [3.63, 3.8) is 0 Å². The van der Waals surface area contributed by atoms with Crippen LogP contribution in [0, 0.1) is 11.8 Å². The lowest BCUT2D eigenvalue weighted by Crippen LogP contribution is -2.20. The van der Waals surface area contributed by atoms with Crippen molar-refractivity contribution in [2.24, 2.45) is 11.8 Å². The van der Waals surface area contributed by atoms with Gasteiger partial charge in [0.15, 0.2) is 0 Å². The first-order valence-corrected chi connectivity index (χ1v) is 13.0. The molecule has 0 bridgehead atoms. The Balaban J connectivity index is 1.78. The molecule has 0 radical (unpaired) electrons. The van der Waals surface area contributed by atoms with Crippen LogP contribution in [0.15, 0.2) is 36.4 Å². The Morgan fingerprint density at radius 1 is 1.30 bits per heavy atom. The summed E-state index contributed by atoms with van der Waals surface area (Å²) in [4.78, 5) is 23.9. The summed E-state index contributed by atoms with van der Waals surface area (Å²) in [5, 5.41) is 20.8. The lowest BCUT2D eigenvalue weighted by Gasteiger charge is -2.18. The van der Waals surface area contributed by atoms with E-state index in [0.717, 1.165) is 35.5 Å². The normalized spacial score (nSPS) is 21.6. The molecule has 0 aromatic heterocycles. The summed E-state index contributed by atoms with van der Waals surface area (Å²) >= 11 is 1.72. The number of methoxy groups -OCH3 is 1. The van der Waals surface area contributed by atoms with Gasteiger partial charge in [-0.15, -0.1) is 0 Å². The lowest BCUT2D eigenvalue weighted by atomic mass is 9.91. The Bertz CT molecular complexity index is 765. The van der Waals surface area contributed by atoms with Crippen molar-refractivity contribution in [2.45, 2.75) is 64.3 Å². The Hall–Kier alpha value is -1.67. The number of esters is 1. The zero-order valence-corrected chi connectivity index (χ0v) is 20.6. The number of rotatable bonds is 15. The minimum Gasteiger partial charge on any atom is -0.466 e. The molecule has 0 aliphatic heterocycles. The van der Waals surface area contributed by atoms with Crippen molar-refractivity contribution < 1.29 is 29.3 Å². The molecule has 33 heavy (non-hydrogen) atoms. The zero-order valence-electron chi connectivity index (χ0n) is 19.8. The maximum absolute atomic E-state index is 12.4. The van der Waals surface area contributed by atoms with Gasteiger partial charge in [-0.25, -0.2) is 0 Å². The van der Waals surface area contributed by atoms with Crippen molar-refractivity contribution in [3.05, 3.63) is 47.5 Å². The van der Waals surface area contributed by atoms with Crippen molar-refractivity contribution in [1.82, 2.24) is 0 Å². The minimum absolute atomic E-state index is 0.0858. The molecule has 0 saturated heterocycles. The highest BCUT2D eigenvalue weighted by Gasteiger charge is 2.39. The molecular weight excluding hydrogens is 440 g/mol. The van der Waals surface area contributed by atoms with Gasteiger partial charge < -0.3 is 19.7 Å². The molecule has 0 heterocycles. The topological polar surface area (TPSA) is 93.1 Å². The van der Waals surface area contributed by atoms with E-state index in [1.165, 1.54) is 0 Å². The summed E-state index contributed by atoms with van der Waals surface area (Å²) < 4.78 is 10.2. The van der Waals surface area contributed by atoms with E-state index in [0.29, 0.717) is 32.5 Å². The van der Waals surface area contributed by atoms with Gasteiger partial charge in [-0.3, -0.25) is 9.59 Å². The summed E-state index contributed by atoms with van der Waals surface area (Å²) in [7, 11) is 1.65. The van der Waals surface area contributed by atoms with E-state index in [-0.39, 0.29) is 30.0 Å². The second-order valence-electron chi connectivity index (χ2n) is 8.56. The molecule has 2 N–H and O–H groups in total. The van der Waals surface area contributed by atoms with Crippen LogP contribution in [0.2, 0.25) is 0 Å². The van der Waals surface area contributed by atoms with E-state index in [9.17, 15) is 19.8 Å². The molecule has 0 amide bonds. The molecule has 0 spiro atoms. The number of carbonyl (C=O) groups is 2. The first-order valence-electron chi connectivity index (χ1n) is 11.8. The molecule has 2 rings (SSSR count). The summed E-state index contributed by atoms with van der Waals surface area (Å²) in [5.41, 5.74) is 2.06. The van der Waals surface area contributed by atoms with E-state index < -0.39 is 12.2 Å². The maximum atomic E-state index is 12.4. The van der Waals surface area contributed by atoms with Gasteiger partial charge in [0.2, 0.25) is 0 Å². The van der Waals surface area contributed by atoms with Crippen LogP contribution >= 0.6 is 11.8 Å². The van der Waals surface area contributed by atoms with Crippen LogP contribution in [-0.4, -0.2) is 59.4 Å². The molecule has 184 valence electrons. The summed E-state index contributed by atoms with van der Waals surface area (Å²) in [6.45, 7) is 2.97. The van der Waals surface area contributed by atoms with Gasteiger partial charge in [0.1, 0.15) is 5.78 Å². The number of hydrogen-bond acceptors (Lipinski definition) is 7. The first-order chi connectivity index (χ1) is 15.9. The van der Waals surface area contributed by atoms with E-state index in [4.69, 9.17) is 9.47 Å². The number of benzene rings is 1. The van der Waals surface area contributed by atoms with Crippen molar-refractivity contribution >= 4 is 23.5 Å². The van der Waals surface area contributed by atoms with Crippen LogP contribution < -0.4 is 0 Å². The monoisotopic (exact) mass is 478 g/mol. The lowest BCUT2D eigenvalue weighted by molar-refractivity contribution is -0.143. The Kier molecular flexibility index (Phi) is 12.8. The van der Waals surface area contributed by atoms with Crippen LogP contribution in [0.4, 0.5) is 0 Å². The molecule has 0 unspecified atom stereocenters. The third-order valence-corrected chi connectivity index (χ3v) is 6.85. The summed E-state index contributed by atoms with van der Waals surface area (Å²) in [6.07, 6.45) is 5.47. The smallest absolute Gasteiger partial charge is 0.305 e. The highest BCUT2D eigenvalue weighted by Crippen LogP contribution is 2.34. The third-order valence-electron chi connectivity index (χ3n) is 5.75. The average molecular weight is 479 g/mol. The van der Waals surface area contributed by atoms with Crippen molar-refractivity contribution in [2.75, 3.05) is 25.2 Å². The fraction of sp³-hybridized carbons (Fsp3) is 0.615. The Labute approximate surface area is 201 Å². The van der Waals surface area contributed by atoms with Crippen LogP contribution in [0.25, 0.3) is 0 Å². The number of thioether (sulfide) groups is 1. The molecule has 4 atom stereocenters. The molecule has 1 fully saturated rings. The van der Waals surface area contributed by atoms with E-state index in [2.05, 4.69) is 0 Å². The highest BCUT2D eigenvalue weighted by atomic mass is 32.2. The van der Waals surface area contributed by atoms with Gasteiger partial charge in [0.05, 0.1) is 25.4 Å². The largest absolute Gasteiger partial charge is 0.466 e. The van der Waals surface area contributed by atoms with E-state index >= 15 is 0 Å². The molecule has 7 heteroatoms. The maximum Gasteiger partial charge on any atom is 0.305 e. The van der Waals surface area contributed by atoms with Crippen LogP contribution in [0.5, 0.6) is 0 Å². The number of aliphatic hydroxyl groups is 2. The third kappa shape index (κ3) is 10.0.